The summed E-state index contributed by atoms with van der Waals surface area (Å²) in [4.78, 5) is 4.22. The number of hydrogen-bond acceptors (Lipinski definition) is 6. The third-order valence-corrected chi connectivity index (χ3v) is 2.33. The Morgan fingerprint density at radius 1 is 1.56 bits per heavy atom. The largest absolute Gasteiger partial charge is 0.337 e. The highest BCUT2D eigenvalue weighted by molar-refractivity contribution is 5.45. The van der Waals surface area contributed by atoms with Crippen molar-refractivity contribution in [2.75, 3.05) is 0 Å². The topological polar surface area (TPSA) is 107 Å². The molecule has 2 aromatic rings. The van der Waals surface area contributed by atoms with E-state index >= 15 is 0 Å². The monoisotopic (exact) mass is 222 g/mol. The summed E-state index contributed by atoms with van der Waals surface area (Å²) in [5, 5.41) is 13.9. The van der Waals surface area contributed by atoms with Crippen LogP contribution in [0.3, 0.4) is 0 Å². The molecule has 0 amide bonds. The van der Waals surface area contributed by atoms with Gasteiger partial charge in [0.2, 0.25) is 11.7 Å². The second-order valence-corrected chi connectivity index (χ2v) is 3.95. The Kier molecular flexibility index (Phi) is 2.69. The molecule has 3 N–H and O–H groups in total. The molecule has 2 rings (SSSR count). The molecule has 0 aromatic carbocycles. The second-order valence-electron chi connectivity index (χ2n) is 3.95. The summed E-state index contributed by atoms with van der Waals surface area (Å²) in [5.74, 6) is 0.823. The van der Waals surface area contributed by atoms with Crippen LogP contribution < -0.4 is 5.73 Å². The minimum atomic E-state index is -0.594. The van der Waals surface area contributed by atoms with Crippen LogP contribution in [0.5, 0.6) is 0 Å². The van der Waals surface area contributed by atoms with Crippen molar-refractivity contribution in [3.63, 3.8) is 0 Å². The maximum absolute atomic E-state index is 6.08. The van der Waals surface area contributed by atoms with E-state index in [4.69, 9.17) is 10.3 Å². The Labute approximate surface area is 92.4 Å². The molecule has 16 heavy (non-hydrogen) atoms. The van der Waals surface area contributed by atoms with Crippen molar-refractivity contribution in [3.05, 3.63) is 12.1 Å². The predicted molar refractivity (Wildman–Crippen MR) is 56.1 cm³/mol. The Morgan fingerprint density at radius 3 is 3.00 bits per heavy atom. The molecular weight excluding hydrogens is 208 g/mol. The summed E-state index contributed by atoms with van der Waals surface area (Å²) in [6.07, 6.45) is 3.27. The SMILES string of the molecule is CCCC(C)(N)c1nc(-c2cn[nH]n2)no1. The third-order valence-electron chi connectivity index (χ3n) is 2.33. The molecule has 0 spiro atoms. The summed E-state index contributed by atoms with van der Waals surface area (Å²) in [6, 6.07) is 0. The molecule has 86 valence electrons. The number of aromatic amines is 1. The van der Waals surface area contributed by atoms with Crippen molar-refractivity contribution in [1.82, 2.24) is 25.6 Å². The van der Waals surface area contributed by atoms with Crippen molar-refractivity contribution in [3.8, 4) is 11.5 Å². The zero-order valence-electron chi connectivity index (χ0n) is 9.27. The Morgan fingerprint density at radius 2 is 2.38 bits per heavy atom. The molecule has 2 aromatic heterocycles. The molecule has 1 unspecified atom stereocenters. The van der Waals surface area contributed by atoms with E-state index in [1.54, 1.807) is 0 Å². The van der Waals surface area contributed by atoms with Gasteiger partial charge in [-0.3, -0.25) is 0 Å². The highest BCUT2D eigenvalue weighted by Crippen LogP contribution is 2.23. The number of nitrogens with two attached hydrogens (primary N) is 1. The first-order valence-electron chi connectivity index (χ1n) is 5.12. The number of hydrogen-bond donors (Lipinski definition) is 2. The average molecular weight is 222 g/mol. The van der Waals surface area contributed by atoms with Crippen molar-refractivity contribution in [2.45, 2.75) is 32.2 Å². The van der Waals surface area contributed by atoms with Gasteiger partial charge in [-0.1, -0.05) is 18.5 Å². The van der Waals surface area contributed by atoms with Crippen molar-refractivity contribution < 1.29 is 4.52 Å². The fourth-order valence-corrected chi connectivity index (χ4v) is 1.50. The highest BCUT2D eigenvalue weighted by atomic mass is 16.5. The van der Waals surface area contributed by atoms with E-state index in [1.807, 2.05) is 6.92 Å². The quantitative estimate of drug-likeness (QED) is 0.793. The molecule has 0 aliphatic carbocycles. The molecule has 0 aliphatic heterocycles. The van der Waals surface area contributed by atoms with Crippen molar-refractivity contribution >= 4 is 0 Å². The van der Waals surface area contributed by atoms with E-state index < -0.39 is 5.54 Å². The molecule has 7 nitrogen and oxygen atoms in total. The lowest BCUT2D eigenvalue weighted by atomic mass is 9.98. The predicted octanol–water partition coefficient (Wildman–Crippen LogP) is 0.829. The number of nitrogens with zero attached hydrogens (tertiary/aromatic N) is 4. The smallest absolute Gasteiger partial charge is 0.246 e. The van der Waals surface area contributed by atoms with E-state index in [-0.39, 0.29) is 0 Å². The fraction of sp³-hybridized carbons (Fsp3) is 0.556. The molecule has 7 heteroatoms. The standard InChI is InChI=1S/C9H14N6O/c1-3-4-9(2,10)8-12-7(14-16-8)6-5-11-15-13-6/h5H,3-4,10H2,1-2H3,(H,11,13,15). The molecule has 0 fully saturated rings. The number of H-pyrrole nitrogens is 1. The van der Waals surface area contributed by atoms with Crippen molar-refractivity contribution in [1.29, 1.82) is 0 Å². The second kappa shape index (κ2) is 4.01. The van der Waals surface area contributed by atoms with Crippen LogP contribution in [0, 0.1) is 0 Å². The van der Waals surface area contributed by atoms with Crippen LogP contribution in [-0.4, -0.2) is 25.6 Å². The summed E-state index contributed by atoms with van der Waals surface area (Å²) in [7, 11) is 0. The molecule has 2 heterocycles. The van der Waals surface area contributed by atoms with Crippen LogP contribution in [0.4, 0.5) is 0 Å². The summed E-state index contributed by atoms with van der Waals surface area (Å²) in [5.41, 5.74) is 6.03. The van der Waals surface area contributed by atoms with E-state index in [9.17, 15) is 0 Å². The van der Waals surface area contributed by atoms with Gasteiger partial charge in [0, 0.05) is 0 Å². The van der Waals surface area contributed by atoms with Gasteiger partial charge in [0.1, 0.15) is 0 Å². The van der Waals surface area contributed by atoms with Crippen LogP contribution >= 0.6 is 0 Å². The van der Waals surface area contributed by atoms with E-state index in [2.05, 4.69) is 32.5 Å². The van der Waals surface area contributed by atoms with Crippen LogP contribution in [-0.2, 0) is 5.54 Å². The van der Waals surface area contributed by atoms with Gasteiger partial charge in [-0.15, -0.1) is 0 Å². The Hall–Kier alpha value is -1.76. The fourth-order valence-electron chi connectivity index (χ4n) is 1.50. The lowest BCUT2D eigenvalue weighted by molar-refractivity contribution is 0.284. The maximum atomic E-state index is 6.08. The lowest BCUT2D eigenvalue weighted by Crippen LogP contribution is -2.33. The first kappa shape index (κ1) is 10.7. The lowest BCUT2D eigenvalue weighted by Gasteiger charge is -2.17. The van der Waals surface area contributed by atoms with Crippen LogP contribution in [0.25, 0.3) is 11.5 Å². The highest BCUT2D eigenvalue weighted by Gasteiger charge is 2.27. The maximum Gasteiger partial charge on any atom is 0.246 e. The van der Waals surface area contributed by atoms with Crippen LogP contribution in [0.15, 0.2) is 10.7 Å². The molecule has 0 bridgehead atoms. The zero-order valence-corrected chi connectivity index (χ0v) is 9.27. The molecular formula is C9H14N6O. The van der Waals surface area contributed by atoms with E-state index in [0.717, 1.165) is 12.8 Å². The van der Waals surface area contributed by atoms with Gasteiger partial charge in [-0.25, -0.2) is 0 Å². The van der Waals surface area contributed by atoms with Crippen LogP contribution in [0.1, 0.15) is 32.6 Å². The van der Waals surface area contributed by atoms with E-state index in [0.29, 0.717) is 17.4 Å². The minimum Gasteiger partial charge on any atom is -0.337 e. The Bertz CT molecular complexity index is 446. The number of nitrogens with one attached hydrogen (secondary N) is 1. The minimum absolute atomic E-state index is 0.400. The first-order valence-corrected chi connectivity index (χ1v) is 5.12. The van der Waals surface area contributed by atoms with Crippen LogP contribution in [0.2, 0.25) is 0 Å². The van der Waals surface area contributed by atoms with Gasteiger partial charge in [0.15, 0.2) is 5.69 Å². The van der Waals surface area contributed by atoms with Gasteiger partial charge < -0.3 is 10.3 Å². The summed E-state index contributed by atoms with van der Waals surface area (Å²) >= 11 is 0. The first-order chi connectivity index (χ1) is 7.63. The summed E-state index contributed by atoms with van der Waals surface area (Å²) < 4.78 is 5.14. The summed E-state index contributed by atoms with van der Waals surface area (Å²) in [6.45, 7) is 3.93. The van der Waals surface area contributed by atoms with Gasteiger partial charge in [0.25, 0.3) is 0 Å². The molecule has 0 aliphatic rings. The molecule has 0 saturated carbocycles. The van der Waals surface area contributed by atoms with Gasteiger partial charge >= 0.3 is 0 Å². The number of rotatable bonds is 4. The third kappa shape index (κ3) is 1.94. The van der Waals surface area contributed by atoms with Gasteiger partial charge in [-0.05, 0) is 13.3 Å². The van der Waals surface area contributed by atoms with Crippen molar-refractivity contribution in [2.24, 2.45) is 5.73 Å². The molecule has 1 atom stereocenters. The van der Waals surface area contributed by atoms with E-state index in [1.165, 1.54) is 6.20 Å². The number of aromatic nitrogens is 5. The molecule has 0 saturated heterocycles. The molecule has 0 radical (unpaired) electrons. The Balaban J connectivity index is 2.26. The normalized spacial score (nSPS) is 14.9. The van der Waals surface area contributed by atoms with Gasteiger partial charge in [-0.2, -0.15) is 20.4 Å². The average Bonchev–Trinajstić information content (AvgIpc) is 2.89. The van der Waals surface area contributed by atoms with Gasteiger partial charge in [0.05, 0.1) is 11.7 Å². The zero-order chi connectivity index (χ0) is 11.6.